The largest absolute Gasteiger partial charge is 0.506 e. The molecule has 118 valence electrons. The van der Waals surface area contributed by atoms with Gasteiger partial charge in [-0.15, -0.1) is 0 Å². The van der Waals surface area contributed by atoms with Gasteiger partial charge >= 0.3 is 0 Å². The average molecular weight is 347 g/mol. The Balaban J connectivity index is 1.93. The third-order valence-electron chi connectivity index (χ3n) is 2.95. The second-order valence-electron chi connectivity index (χ2n) is 4.85. The first kappa shape index (κ1) is 17.0. The minimum atomic E-state index is -0.371. The van der Waals surface area contributed by atoms with Gasteiger partial charge in [0.2, 0.25) is 5.91 Å². The van der Waals surface area contributed by atoms with E-state index < -0.39 is 0 Å². The van der Waals surface area contributed by atoms with E-state index in [9.17, 15) is 9.90 Å². The SMILES string of the molecule is Cc1ccc(/C=C/C(=O)NC(=S)Nc2cc(Cl)ccc2O)cc1. The lowest BCUT2D eigenvalue weighted by atomic mass is 10.1. The maximum Gasteiger partial charge on any atom is 0.250 e. The van der Waals surface area contributed by atoms with Gasteiger partial charge in [0.15, 0.2) is 5.11 Å². The third kappa shape index (κ3) is 5.39. The lowest BCUT2D eigenvalue weighted by Gasteiger charge is -2.10. The molecule has 0 aromatic heterocycles. The number of halogens is 1. The van der Waals surface area contributed by atoms with E-state index in [4.69, 9.17) is 23.8 Å². The van der Waals surface area contributed by atoms with E-state index in [1.807, 2.05) is 31.2 Å². The monoisotopic (exact) mass is 346 g/mol. The molecule has 2 aromatic rings. The van der Waals surface area contributed by atoms with Gasteiger partial charge in [0, 0.05) is 11.1 Å². The summed E-state index contributed by atoms with van der Waals surface area (Å²) in [5.41, 5.74) is 2.39. The Morgan fingerprint density at radius 3 is 2.61 bits per heavy atom. The van der Waals surface area contributed by atoms with Gasteiger partial charge in [-0.25, -0.2) is 0 Å². The highest BCUT2D eigenvalue weighted by atomic mass is 35.5. The highest BCUT2D eigenvalue weighted by molar-refractivity contribution is 7.80. The first-order valence-corrected chi connectivity index (χ1v) is 7.58. The second-order valence-corrected chi connectivity index (χ2v) is 5.69. The van der Waals surface area contributed by atoms with Crippen molar-refractivity contribution in [2.24, 2.45) is 0 Å². The van der Waals surface area contributed by atoms with Crippen LogP contribution in [0.4, 0.5) is 5.69 Å². The number of phenols is 1. The van der Waals surface area contributed by atoms with Gasteiger partial charge in [-0.2, -0.15) is 0 Å². The van der Waals surface area contributed by atoms with E-state index in [-0.39, 0.29) is 16.8 Å². The molecule has 0 atom stereocenters. The molecule has 4 nitrogen and oxygen atoms in total. The normalized spacial score (nSPS) is 10.5. The van der Waals surface area contributed by atoms with Gasteiger partial charge in [0.1, 0.15) is 5.75 Å². The number of thiocarbonyl (C=S) groups is 1. The van der Waals surface area contributed by atoms with Gasteiger partial charge in [0.25, 0.3) is 0 Å². The highest BCUT2D eigenvalue weighted by Crippen LogP contribution is 2.26. The molecule has 0 aliphatic rings. The first-order chi connectivity index (χ1) is 10.9. The molecular formula is C17H15ClN2O2S. The van der Waals surface area contributed by atoms with E-state index >= 15 is 0 Å². The molecule has 0 bridgehead atoms. The molecule has 0 saturated carbocycles. The molecular weight excluding hydrogens is 332 g/mol. The summed E-state index contributed by atoms with van der Waals surface area (Å²) in [6.45, 7) is 2.00. The van der Waals surface area contributed by atoms with Crippen LogP contribution >= 0.6 is 23.8 Å². The average Bonchev–Trinajstić information content (AvgIpc) is 2.50. The number of nitrogens with one attached hydrogen (secondary N) is 2. The summed E-state index contributed by atoms with van der Waals surface area (Å²) < 4.78 is 0. The minimum absolute atomic E-state index is 0.0128. The second kappa shape index (κ2) is 7.76. The van der Waals surface area contributed by atoms with Crippen LogP contribution < -0.4 is 10.6 Å². The maximum atomic E-state index is 11.8. The van der Waals surface area contributed by atoms with E-state index in [2.05, 4.69) is 10.6 Å². The van der Waals surface area contributed by atoms with Gasteiger partial charge in [-0.3, -0.25) is 10.1 Å². The Labute approximate surface area is 144 Å². The number of hydrogen-bond acceptors (Lipinski definition) is 3. The quantitative estimate of drug-likeness (QED) is 0.448. The van der Waals surface area contributed by atoms with Crippen molar-refractivity contribution in [2.45, 2.75) is 6.92 Å². The zero-order chi connectivity index (χ0) is 16.8. The predicted molar refractivity (Wildman–Crippen MR) is 97.7 cm³/mol. The molecule has 0 aliphatic heterocycles. The molecule has 6 heteroatoms. The summed E-state index contributed by atoms with van der Waals surface area (Å²) in [6.07, 6.45) is 3.07. The first-order valence-electron chi connectivity index (χ1n) is 6.79. The number of aromatic hydroxyl groups is 1. The molecule has 0 heterocycles. The van der Waals surface area contributed by atoms with Crippen LogP contribution in [0, 0.1) is 6.92 Å². The minimum Gasteiger partial charge on any atom is -0.506 e. The number of aryl methyl sites for hydroxylation is 1. The number of carbonyl (C=O) groups is 1. The molecule has 0 saturated heterocycles. The van der Waals surface area contributed by atoms with Crippen molar-refractivity contribution in [3.05, 3.63) is 64.7 Å². The van der Waals surface area contributed by atoms with Crippen molar-refractivity contribution >= 4 is 46.6 Å². The van der Waals surface area contributed by atoms with Gasteiger partial charge in [-0.05, 0) is 49.0 Å². The third-order valence-corrected chi connectivity index (χ3v) is 3.39. The molecule has 2 aromatic carbocycles. The molecule has 3 N–H and O–H groups in total. The van der Waals surface area contributed by atoms with Gasteiger partial charge in [0.05, 0.1) is 5.69 Å². The van der Waals surface area contributed by atoms with E-state index in [1.54, 1.807) is 12.1 Å². The van der Waals surface area contributed by atoms with Crippen LogP contribution in [-0.2, 0) is 4.79 Å². The maximum absolute atomic E-state index is 11.8. The number of amides is 1. The topological polar surface area (TPSA) is 61.4 Å². The number of anilines is 1. The molecule has 0 radical (unpaired) electrons. The van der Waals surface area contributed by atoms with Crippen LogP contribution in [0.15, 0.2) is 48.5 Å². The Kier molecular flexibility index (Phi) is 5.73. The summed E-state index contributed by atoms with van der Waals surface area (Å²) in [6, 6.07) is 12.3. The molecule has 0 aliphatic carbocycles. The fourth-order valence-electron chi connectivity index (χ4n) is 1.76. The predicted octanol–water partition coefficient (Wildman–Crippen LogP) is 3.88. The van der Waals surface area contributed by atoms with Crippen molar-refractivity contribution in [2.75, 3.05) is 5.32 Å². The fraction of sp³-hybridized carbons (Fsp3) is 0.0588. The van der Waals surface area contributed by atoms with Crippen molar-refractivity contribution in [3.63, 3.8) is 0 Å². The van der Waals surface area contributed by atoms with Crippen LogP contribution in [0.25, 0.3) is 6.08 Å². The van der Waals surface area contributed by atoms with Crippen molar-refractivity contribution in [1.82, 2.24) is 5.32 Å². The molecule has 0 fully saturated rings. The zero-order valence-corrected chi connectivity index (χ0v) is 13.9. The van der Waals surface area contributed by atoms with E-state index in [0.717, 1.165) is 11.1 Å². The number of benzene rings is 2. The van der Waals surface area contributed by atoms with Crippen molar-refractivity contribution < 1.29 is 9.90 Å². The van der Waals surface area contributed by atoms with E-state index in [0.29, 0.717) is 10.7 Å². The number of rotatable bonds is 3. The number of hydrogen-bond donors (Lipinski definition) is 3. The zero-order valence-electron chi connectivity index (χ0n) is 12.3. The smallest absolute Gasteiger partial charge is 0.250 e. The summed E-state index contributed by atoms with van der Waals surface area (Å²) in [5.74, 6) is -0.384. The highest BCUT2D eigenvalue weighted by Gasteiger charge is 2.06. The molecule has 0 unspecified atom stereocenters. The van der Waals surface area contributed by atoms with Crippen LogP contribution in [-0.4, -0.2) is 16.1 Å². The standard InChI is InChI=1S/C17H15ClN2O2S/c1-11-2-4-12(5-3-11)6-9-16(22)20-17(23)19-14-10-13(18)7-8-15(14)21/h2-10,21H,1H3,(H2,19,20,22,23)/b9-6+. The molecule has 0 spiro atoms. The summed E-state index contributed by atoms with van der Waals surface area (Å²) in [5, 5.41) is 15.4. The summed E-state index contributed by atoms with van der Waals surface area (Å²) in [4.78, 5) is 11.8. The summed E-state index contributed by atoms with van der Waals surface area (Å²) >= 11 is 10.9. The molecule has 1 amide bonds. The van der Waals surface area contributed by atoms with Gasteiger partial charge < -0.3 is 10.4 Å². The molecule has 23 heavy (non-hydrogen) atoms. The Bertz CT molecular complexity index is 758. The lowest BCUT2D eigenvalue weighted by molar-refractivity contribution is -0.115. The number of carbonyl (C=O) groups excluding carboxylic acids is 1. The fourth-order valence-corrected chi connectivity index (χ4v) is 2.15. The van der Waals surface area contributed by atoms with Crippen LogP contribution in [0.2, 0.25) is 5.02 Å². The lowest BCUT2D eigenvalue weighted by Crippen LogP contribution is -2.32. The molecule has 2 rings (SSSR count). The van der Waals surface area contributed by atoms with Gasteiger partial charge in [-0.1, -0.05) is 41.4 Å². The number of phenolic OH excluding ortho intramolecular Hbond substituents is 1. The Morgan fingerprint density at radius 1 is 1.22 bits per heavy atom. The van der Waals surface area contributed by atoms with Crippen molar-refractivity contribution in [3.8, 4) is 5.75 Å². The van der Waals surface area contributed by atoms with Crippen molar-refractivity contribution in [1.29, 1.82) is 0 Å². The van der Waals surface area contributed by atoms with E-state index in [1.165, 1.54) is 18.2 Å². The van der Waals surface area contributed by atoms with Crippen LogP contribution in [0.1, 0.15) is 11.1 Å². The van der Waals surface area contributed by atoms with Crippen LogP contribution in [0.5, 0.6) is 5.75 Å². The van der Waals surface area contributed by atoms with Crippen LogP contribution in [0.3, 0.4) is 0 Å². The Hall–Kier alpha value is -2.37. The Morgan fingerprint density at radius 2 is 1.91 bits per heavy atom. The summed E-state index contributed by atoms with van der Waals surface area (Å²) in [7, 11) is 0.